The van der Waals surface area contributed by atoms with E-state index in [1.807, 2.05) is 0 Å². The molecule has 0 bridgehead atoms. The Kier molecular flexibility index (Phi) is 9.29. The molecule has 2 aliphatic rings. The molecule has 2 N–H and O–H groups in total. The molecular formula is C40H32F6N10O4S. The Morgan fingerprint density at radius 1 is 1.03 bits per heavy atom. The van der Waals surface area contributed by atoms with E-state index in [2.05, 4.69) is 30.4 Å². The standard InChI is InChI=1S/C40H32F6N10O4S/c1-18-6-9-29(34-31(18)37(52-54(34)2)53-61(3,59)60)56-38(49-27-14-20(7-8-23(27)39(56)58)26-5-4-10-47-50-26)28(13-19-11-21(41)15-22(42)12-19)48-30(57)17-55-35-32(33(51-55)36(43)44)24-16-25(24)40(35,45)46/h4-12,14-15,24-25,28,36H,13,16-17H2,1-3H3,(H,48,57)(H,52,53)/t24-,25+,28-/m0/s1. The molecule has 2 aliphatic carbocycles. The first-order valence-electron chi connectivity index (χ1n) is 18.7. The maximum absolute atomic E-state index is 15.5. The van der Waals surface area contributed by atoms with Crippen molar-refractivity contribution >= 4 is 43.6 Å². The van der Waals surface area contributed by atoms with E-state index in [1.165, 1.54) is 24.0 Å². The summed E-state index contributed by atoms with van der Waals surface area (Å²) in [5.41, 5.74) is -0.735. The molecule has 314 valence electrons. The first-order chi connectivity index (χ1) is 28.9. The second-order valence-electron chi connectivity index (χ2n) is 15.2. The Morgan fingerprint density at radius 3 is 2.48 bits per heavy atom. The number of rotatable bonds is 11. The van der Waals surface area contributed by atoms with Crippen molar-refractivity contribution in [3.8, 4) is 16.9 Å². The fourth-order valence-corrected chi connectivity index (χ4v) is 8.89. The van der Waals surface area contributed by atoms with E-state index >= 15 is 8.78 Å². The summed E-state index contributed by atoms with van der Waals surface area (Å²) in [6.07, 6.45) is -1.23. The van der Waals surface area contributed by atoms with Crippen LogP contribution in [0, 0.1) is 24.5 Å². The van der Waals surface area contributed by atoms with Crippen LogP contribution in [0.4, 0.5) is 32.2 Å². The van der Waals surface area contributed by atoms with Crippen LogP contribution < -0.4 is 15.6 Å². The number of fused-ring (bicyclic) bond motifs is 5. The summed E-state index contributed by atoms with van der Waals surface area (Å²) in [4.78, 5) is 34.0. The van der Waals surface area contributed by atoms with E-state index in [0.717, 1.165) is 23.0 Å². The molecule has 14 nitrogen and oxygen atoms in total. The number of hydrogen-bond acceptors (Lipinski definition) is 9. The van der Waals surface area contributed by atoms with Gasteiger partial charge in [-0.1, -0.05) is 12.1 Å². The minimum Gasteiger partial charge on any atom is -0.344 e. The number of nitrogens with zero attached hydrogens (tertiary/aromatic N) is 8. The van der Waals surface area contributed by atoms with Crippen LogP contribution >= 0.6 is 0 Å². The fraction of sp³-hybridized carbons (Fsp3) is 0.275. The SMILES string of the molecule is Cc1ccc(-n2c([C@H](Cc3cc(F)cc(F)c3)NC(=O)Cn3nc(C(F)F)c4c3C(F)(F)[C@@H]3C[C@H]43)nc3cc(-c4cccnn4)ccc3c2=O)c2c1c(NS(C)(=O)=O)nn2C. The van der Waals surface area contributed by atoms with Crippen molar-refractivity contribution in [1.29, 1.82) is 0 Å². The maximum Gasteiger partial charge on any atom is 0.293 e. The van der Waals surface area contributed by atoms with Crippen LogP contribution in [-0.2, 0) is 40.8 Å². The second kappa shape index (κ2) is 14.2. The molecule has 0 unspecified atom stereocenters. The van der Waals surface area contributed by atoms with Gasteiger partial charge in [-0.05, 0) is 72.9 Å². The van der Waals surface area contributed by atoms with Crippen LogP contribution in [-0.4, -0.2) is 59.9 Å². The number of hydrogen-bond donors (Lipinski definition) is 2. The van der Waals surface area contributed by atoms with Crippen LogP contribution in [0.25, 0.3) is 38.8 Å². The number of aryl methyl sites for hydroxylation is 2. The molecule has 21 heteroatoms. The van der Waals surface area contributed by atoms with E-state index in [-0.39, 0.29) is 51.3 Å². The minimum absolute atomic E-state index is 0.00234. The predicted octanol–water partition coefficient (Wildman–Crippen LogP) is 6.13. The number of carbonyl (C=O) groups is 1. The average Bonchev–Trinajstić information content (AvgIpc) is 3.73. The van der Waals surface area contributed by atoms with Crippen molar-refractivity contribution in [3.63, 3.8) is 0 Å². The summed E-state index contributed by atoms with van der Waals surface area (Å²) in [5.74, 6) is -8.80. The Hall–Kier alpha value is -6.64. The highest BCUT2D eigenvalue weighted by Gasteiger charge is 2.67. The number of sulfonamides is 1. The lowest BCUT2D eigenvalue weighted by atomic mass is 10.0. The van der Waals surface area contributed by atoms with Crippen LogP contribution in [0.1, 0.15) is 58.7 Å². The summed E-state index contributed by atoms with van der Waals surface area (Å²) in [5, 5.41) is 19.2. The molecule has 1 saturated carbocycles. The van der Waals surface area contributed by atoms with Crippen LogP contribution in [0.15, 0.2) is 71.7 Å². The molecule has 9 rings (SSSR count). The summed E-state index contributed by atoms with van der Waals surface area (Å²) in [6.45, 7) is 0.724. The summed E-state index contributed by atoms with van der Waals surface area (Å²) >= 11 is 0. The largest absolute Gasteiger partial charge is 0.344 e. The van der Waals surface area contributed by atoms with E-state index in [4.69, 9.17) is 4.98 Å². The molecule has 3 aromatic carbocycles. The van der Waals surface area contributed by atoms with Gasteiger partial charge >= 0.3 is 0 Å². The molecule has 1 amide bonds. The first-order valence-corrected chi connectivity index (χ1v) is 20.6. The predicted molar refractivity (Wildman–Crippen MR) is 209 cm³/mol. The van der Waals surface area contributed by atoms with Crippen LogP contribution in [0.5, 0.6) is 0 Å². The van der Waals surface area contributed by atoms with Gasteiger partial charge in [0.1, 0.15) is 35.4 Å². The third-order valence-corrected chi connectivity index (χ3v) is 11.5. The molecule has 3 atom stereocenters. The number of nitrogens with one attached hydrogen (secondary N) is 2. The third kappa shape index (κ3) is 6.95. The van der Waals surface area contributed by atoms with Gasteiger partial charge in [-0.25, -0.2) is 31.0 Å². The first kappa shape index (κ1) is 39.8. The number of aromatic nitrogens is 8. The highest BCUT2D eigenvalue weighted by Crippen LogP contribution is 2.68. The highest BCUT2D eigenvalue weighted by atomic mass is 32.2. The molecule has 7 aromatic rings. The van der Waals surface area contributed by atoms with Gasteiger partial charge in [-0.15, -0.1) is 0 Å². The second-order valence-corrected chi connectivity index (χ2v) is 17.0. The average molecular weight is 863 g/mol. The van der Waals surface area contributed by atoms with Crippen molar-refractivity contribution in [2.45, 2.75) is 50.6 Å². The van der Waals surface area contributed by atoms with Gasteiger partial charge in [0, 0.05) is 42.8 Å². The number of amides is 1. The molecule has 0 saturated heterocycles. The number of benzene rings is 3. The summed E-state index contributed by atoms with van der Waals surface area (Å²) < 4.78 is 119. The van der Waals surface area contributed by atoms with Gasteiger partial charge in [0.05, 0.1) is 45.5 Å². The highest BCUT2D eigenvalue weighted by molar-refractivity contribution is 7.92. The Bertz CT molecular complexity index is 3120. The Morgan fingerprint density at radius 2 is 1.79 bits per heavy atom. The molecule has 4 aromatic heterocycles. The van der Waals surface area contributed by atoms with E-state index < -0.39 is 87.7 Å². The summed E-state index contributed by atoms with van der Waals surface area (Å²) in [6, 6.07) is 12.3. The zero-order valence-corrected chi connectivity index (χ0v) is 33.0. The Labute approximate surface area is 341 Å². The normalized spacial score (nSPS) is 17.1. The van der Waals surface area contributed by atoms with Crippen molar-refractivity contribution in [2.24, 2.45) is 13.0 Å². The fourth-order valence-electron chi connectivity index (χ4n) is 8.39. The van der Waals surface area contributed by atoms with Gasteiger partial charge in [0.15, 0.2) is 5.82 Å². The molecule has 0 radical (unpaired) electrons. The molecular weight excluding hydrogens is 831 g/mol. The van der Waals surface area contributed by atoms with Crippen molar-refractivity contribution in [2.75, 3.05) is 11.0 Å². The third-order valence-electron chi connectivity index (χ3n) is 10.9. The minimum atomic E-state index is -3.85. The molecule has 0 aliphatic heterocycles. The lowest BCUT2D eigenvalue weighted by molar-refractivity contribution is -0.123. The van der Waals surface area contributed by atoms with Crippen molar-refractivity contribution in [1.82, 2.24) is 44.6 Å². The Balaban J connectivity index is 1.26. The van der Waals surface area contributed by atoms with Crippen LogP contribution in [0.3, 0.4) is 0 Å². The van der Waals surface area contributed by atoms with E-state index in [1.54, 1.807) is 43.3 Å². The summed E-state index contributed by atoms with van der Waals surface area (Å²) in [7, 11) is -2.34. The topological polar surface area (TPSA) is 172 Å². The lowest BCUT2D eigenvalue weighted by Crippen LogP contribution is -2.38. The van der Waals surface area contributed by atoms with Gasteiger partial charge in [0.2, 0.25) is 15.9 Å². The van der Waals surface area contributed by atoms with Gasteiger partial charge < -0.3 is 5.32 Å². The number of halogens is 6. The smallest absolute Gasteiger partial charge is 0.293 e. The van der Waals surface area contributed by atoms with Gasteiger partial charge in [-0.3, -0.25) is 28.2 Å². The van der Waals surface area contributed by atoms with Crippen LogP contribution in [0.2, 0.25) is 0 Å². The molecule has 0 spiro atoms. The van der Waals surface area contributed by atoms with Gasteiger partial charge in [0.25, 0.3) is 17.9 Å². The maximum atomic E-state index is 15.5. The van der Waals surface area contributed by atoms with E-state index in [9.17, 15) is 35.6 Å². The quantitative estimate of drug-likeness (QED) is 0.145. The van der Waals surface area contributed by atoms with E-state index in [0.29, 0.717) is 33.0 Å². The molecule has 1 fully saturated rings. The molecule has 4 heterocycles. The molecule has 61 heavy (non-hydrogen) atoms. The lowest BCUT2D eigenvalue weighted by Gasteiger charge is -2.24. The zero-order valence-electron chi connectivity index (χ0n) is 32.2. The number of carbonyl (C=O) groups excluding carboxylic acids is 1. The van der Waals surface area contributed by atoms with Gasteiger partial charge in [-0.2, -0.15) is 29.2 Å². The monoisotopic (exact) mass is 862 g/mol. The number of alkyl halides is 4. The van der Waals surface area contributed by atoms with Crippen molar-refractivity contribution < 1.29 is 39.6 Å². The number of anilines is 1. The zero-order chi connectivity index (χ0) is 43.3. The van der Waals surface area contributed by atoms with Crippen molar-refractivity contribution in [3.05, 3.63) is 123 Å².